The van der Waals surface area contributed by atoms with Crippen LogP contribution in [-0.4, -0.2) is 47.7 Å². The molecule has 5 nitrogen and oxygen atoms in total. The number of aliphatic hydroxyl groups excluding tert-OH is 1. The number of piperidine rings is 1. The molecule has 0 radical (unpaired) electrons. The summed E-state index contributed by atoms with van der Waals surface area (Å²) in [6.45, 7) is 1.94. The molecule has 0 bridgehead atoms. The molecule has 0 spiro atoms. The van der Waals surface area contributed by atoms with Gasteiger partial charge < -0.3 is 21.1 Å². The number of halogens is 3. The van der Waals surface area contributed by atoms with Crippen LogP contribution in [0, 0.1) is 11.6 Å². The molecule has 3 aromatic carbocycles. The minimum atomic E-state index is -0.708. The number of nitrogens with two attached hydrogens (primary N) is 1. The quantitative estimate of drug-likeness (QED) is 0.371. The molecular weight excluding hydrogens is 484 g/mol. The summed E-state index contributed by atoms with van der Waals surface area (Å²) in [6.07, 6.45) is 1.53. The minimum Gasteiger partial charge on any atom is -0.399 e. The van der Waals surface area contributed by atoms with Crippen LogP contribution in [-0.2, 0) is 0 Å². The molecule has 2 unspecified atom stereocenters. The third-order valence-corrected chi connectivity index (χ3v) is 7.04. The topological polar surface area (TPSA) is 78.6 Å². The number of hydrogen-bond acceptors (Lipinski definition) is 4. The monoisotopic (exact) mass is 513 g/mol. The van der Waals surface area contributed by atoms with Gasteiger partial charge in [0, 0.05) is 24.7 Å². The van der Waals surface area contributed by atoms with Crippen LogP contribution in [0.4, 0.5) is 14.5 Å². The lowest BCUT2D eigenvalue weighted by atomic mass is 9.87. The number of anilines is 1. The summed E-state index contributed by atoms with van der Waals surface area (Å²) in [5.41, 5.74) is 8.45. The number of carbonyl (C=O) groups excluding carboxylic acids is 1. The fourth-order valence-corrected chi connectivity index (χ4v) is 5.04. The third-order valence-electron chi connectivity index (χ3n) is 6.73. The Labute approximate surface area is 214 Å². The fraction of sp³-hybridized carbons (Fsp3) is 0.321. The summed E-state index contributed by atoms with van der Waals surface area (Å²) >= 11 is 6.14. The highest BCUT2D eigenvalue weighted by Crippen LogP contribution is 2.30. The van der Waals surface area contributed by atoms with Gasteiger partial charge in [0.1, 0.15) is 11.6 Å². The van der Waals surface area contributed by atoms with Crippen LogP contribution < -0.4 is 11.1 Å². The van der Waals surface area contributed by atoms with Gasteiger partial charge in [0.2, 0.25) is 0 Å². The van der Waals surface area contributed by atoms with Crippen LogP contribution in [0.3, 0.4) is 0 Å². The Morgan fingerprint density at radius 1 is 1.06 bits per heavy atom. The van der Waals surface area contributed by atoms with Gasteiger partial charge in [-0.1, -0.05) is 35.9 Å². The van der Waals surface area contributed by atoms with E-state index in [4.69, 9.17) is 17.3 Å². The minimum absolute atomic E-state index is 0.0117. The van der Waals surface area contributed by atoms with Gasteiger partial charge in [0.25, 0.3) is 5.91 Å². The second-order valence-electron chi connectivity index (χ2n) is 9.27. The molecule has 1 aliphatic rings. The van der Waals surface area contributed by atoms with E-state index in [1.165, 1.54) is 30.3 Å². The van der Waals surface area contributed by atoms with Crippen molar-refractivity contribution in [1.82, 2.24) is 10.2 Å². The van der Waals surface area contributed by atoms with Crippen molar-refractivity contribution in [3.8, 4) is 0 Å². The van der Waals surface area contributed by atoms with Crippen LogP contribution >= 0.6 is 11.6 Å². The maximum Gasteiger partial charge on any atom is 0.253 e. The smallest absolute Gasteiger partial charge is 0.253 e. The van der Waals surface area contributed by atoms with Crippen molar-refractivity contribution in [3.63, 3.8) is 0 Å². The molecule has 0 aromatic heterocycles. The molecule has 1 saturated heterocycles. The molecule has 1 heterocycles. The molecule has 1 aliphatic heterocycles. The number of rotatable bonds is 8. The normalized spacial score (nSPS) is 18.4. The number of benzene rings is 3. The fourth-order valence-electron chi connectivity index (χ4n) is 4.77. The van der Waals surface area contributed by atoms with Crippen molar-refractivity contribution < 1.29 is 18.7 Å². The van der Waals surface area contributed by atoms with Crippen LogP contribution in [0.25, 0.3) is 0 Å². The van der Waals surface area contributed by atoms with Crippen molar-refractivity contribution in [2.75, 3.05) is 25.4 Å². The molecule has 36 heavy (non-hydrogen) atoms. The summed E-state index contributed by atoms with van der Waals surface area (Å²) in [6, 6.07) is 17.2. The maximum atomic E-state index is 13.5. The Morgan fingerprint density at radius 3 is 2.22 bits per heavy atom. The van der Waals surface area contributed by atoms with Gasteiger partial charge in [-0.05, 0) is 79.4 Å². The van der Waals surface area contributed by atoms with Crippen molar-refractivity contribution in [2.24, 2.45) is 0 Å². The first kappa shape index (κ1) is 26.1. The van der Waals surface area contributed by atoms with E-state index in [1.807, 2.05) is 0 Å². The molecule has 3 aromatic rings. The summed E-state index contributed by atoms with van der Waals surface area (Å²) < 4.78 is 26.9. The Morgan fingerprint density at radius 2 is 1.67 bits per heavy atom. The largest absolute Gasteiger partial charge is 0.399 e. The Hall–Kier alpha value is -3.00. The first-order valence-electron chi connectivity index (χ1n) is 12.1. The standard InChI is InChI=1S/C28H30ClF2N3O2/c29-25-16-22(32)11-12-24(25)28(36)33-26-13-15-34(17-27(26)35)14-1-2-23(18-3-7-20(30)8-4-18)19-5-9-21(31)10-6-19/h3-12,16,23,26-27,35H,1-2,13-15,17,32H2,(H,33,36). The summed E-state index contributed by atoms with van der Waals surface area (Å²) in [5, 5.41) is 13.8. The lowest BCUT2D eigenvalue weighted by Crippen LogP contribution is -2.54. The van der Waals surface area contributed by atoms with E-state index >= 15 is 0 Å². The molecular formula is C28H30ClF2N3O2. The van der Waals surface area contributed by atoms with Crippen molar-refractivity contribution >= 4 is 23.2 Å². The lowest BCUT2D eigenvalue weighted by molar-refractivity contribution is 0.0373. The summed E-state index contributed by atoms with van der Waals surface area (Å²) in [5.74, 6) is -0.907. The summed E-state index contributed by atoms with van der Waals surface area (Å²) in [4.78, 5) is 14.8. The van der Waals surface area contributed by atoms with Gasteiger partial charge >= 0.3 is 0 Å². The van der Waals surface area contributed by atoms with E-state index in [9.17, 15) is 18.7 Å². The first-order chi connectivity index (χ1) is 17.3. The van der Waals surface area contributed by atoms with Gasteiger partial charge in [-0.25, -0.2) is 8.78 Å². The molecule has 8 heteroatoms. The van der Waals surface area contributed by atoms with Gasteiger partial charge in [-0.15, -0.1) is 0 Å². The Kier molecular flexibility index (Phi) is 8.56. The molecule has 4 rings (SSSR count). The van der Waals surface area contributed by atoms with Gasteiger partial charge in [0.15, 0.2) is 0 Å². The number of likely N-dealkylation sites (tertiary alicyclic amines) is 1. The highest BCUT2D eigenvalue weighted by molar-refractivity contribution is 6.34. The SMILES string of the molecule is Nc1ccc(C(=O)NC2CCN(CCCC(c3ccc(F)cc3)c3ccc(F)cc3)CC2O)c(Cl)c1. The van der Waals surface area contributed by atoms with Crippen LogP contribution in [0.5, 0.6) is 0 Å². The van der Waals surface area contributed by atoms with E-state index in [0.29, 0.717) is 24.2 Å². The Balaban J connectivity index is 1.31. The molecule has 2 atom stereocenters. The van der Waals surface area contributed by atoms with Gasteiger partial charge in [0.05, 0.1) is 22.7 Å². The second kappa shape index (κ2) is 11.8. The average molecular weight is 514 g/mol. The molecule has 4 N–H and O–H groups in total. The van der Waals surface area contributed by atoms with Crippen LogP contribution in [0.1, 0.15) is 46.7 Å². The highest BCUT2D eigenvalue weighted by atomic mass is 35.5. The number of carbonyl (C=O) groups is 1. The predicted molar refractivity (Wildman–Crippen MR) is 138 cm³/mol. The van der Waals surface area contributed by atoms with Crippen LogP contribution in [0.15, 0.2) is 66.7 Å². The number of amides is 1. The van der Waals surface area contributed by atoms with E-state index in [2.05, 4.69) is 10.2 Å². The zero-order chi connectivity index (χ0) is 25.7. The molecule has 0 aliphatic carbocycles. The number of nitrogens with one attached hydrogen (secondary N) is 1. The number of hydrogen-bond donors (Lipinski definition) is 3. The highest BCUT2D eigenvalue weighted by Gasteiger charge is 2.29. The van der Waals surface area contributed by atoms with Gasteiger partial charge in [-0.3, -0.25) is 4.79 Å². The zero-order valence-corrected chi connectivity index (χ0v) is 20.6. The van der Waals surface area contributed by atoms with Gasteiger partial charge in [-0.2, -0.15) is 0 Å². The molecule has 1 amide bonds. The van der Waals surface area contributed by atoms with Crippen molar-refractivity contribution in [1.29, 1.82) is 0 Å². The molecule has 190 valence electrons. The number of aliphatic hydroxyl groups is 1. The lowest BCUT2D eigenvalue weighted by Gasteiger charge is -2.36. The second-order valence-corrected chi connectivity index (χ2v) is 9.68. The van der Waals surface area contributed by atoms with Crippen molar-refractivity contribution in [2.45, 2.75) is 37.3 Å². The third kappa shape index (κ3) is 6.60. The molecule has 0 saturated carbocycles. The first-order valence-corrected chi connectivity index (χ1v) is 12.4. The van der Waals surface area contributed by atoms with E-state index < -0.39 is 6.10 Å². The summed E-state index contributed by atoms with van der Waals surface area (Å²) in [7, 11) is 0. The van der Waals surface area contributed by atoms with Crippen LogP contribution in [0.2, 0.25) is 5.02 Å². The zero-order valence-electron chi connectivity index (χ0n) is 19.8. The van der Waals surface area contributed by atoms with E-state index in [0.717, 1.165) is 37.1 Å². The number of nitrogen functional groups attached to an aromatic ring is 1. The maximum absolute atomic E-state index is 13.5. The van der Waals surface area contributed by atoms with Crippen molar-refractivity contribution in [3.05, 3.63) is 100 Å². The Bertz CT molecular complexity index is 1130. The number of nitrogens with zero attached hydrogens (tertiary/aromatic N) is 1. The average Bonchev–Trinajstić information content (AvgIpc) is 2.85. The van der Waals surface area contributed by atoms with E-state index in [1.54, 1.807) is 36.4 Å². The number of β-amino-alcohol motifs (C(OH)–C–C–N with tert-alkyl or cyclic N) is 1. The molecule has 1 fully saturated rings. The predicted octanol–water partition coefficient (Wildman–Crippen LogP) is 4.98. The van der Waals surface area contributed by atoms with E-state index in [-0.39, 0.29) is 34.5 Å².